The van der Waals surface area contributed by atoms with Gasteiger partial charge in [0.15, 0.2) is 0 Å². The lowest BCUT2D eigenvalue weighted by Crippen LogP contribution is -2.41. The Morgan fingerprint density at radius 1 is 1.30 bits per heavy atom. The summed E-state index contributed by atoms with van der Waals surface area (Å²) in [5.74, 6) is -0.470. The fourth-order valence-corrected chi connectivity index (χ4v) is 4.92. The Hall–Kier alpha value is -0.500. The highest BCUT2D eigenvalue weighted by Gasteiger charge is 2.31. The largest absolute Gasteiger partial charge is 0.328 e. The molecule has 20 heavy (non-hydrogen) atoms. The van der Waals surface area contributed by atoms with E-state index in [0.717, 1.165) is 37.8 Å². The van der Waals surface area contributed by atoms with Crippen molar-refractivity contribution < 1.29 is 12.8 Å². The number of nitrogens with two attached hydrogens (primary N) is 1. The summed E-state index contributed by atoms with van der Waals surface area (Å²) in [6, 6.07) is 3.73. The van der Waals surface area contributed by atoms with Crippen LogP contribution in [0.3, 0.4) is 0 Å². The van der Waals surface area contributed by atoms with Gasteiger partial charge in [-0.2, -0.15) is 4.31 Å². The second-order valence-corrected chi connectivity index (χ2v) is 7.98. The van der Waals surface area contributed by atoms with Crippen LogP contribution in [0.1, 0.15) is 25.7 Å². The Bertz CT molecular complexity index is 586. The van der Waals surface area contributed by atoms with Crippen LogP contribution in [0.5, 0.6) is 0 Å². The van der Waals surface area contributed by atoms with Gasteiger partial charge >= 0.3 is 0 Å². The van der Waals surface area contributed by atoms with Crippen molar-refractivity contribution in [1.82, 2.24) is 4.31 Å². The van der Waals surface area contributed by atoms with E-state index in [1.165, 1.54) is 10.4 Å². The van der Waals surface area contributed by atoms with E-state index in [4.69, 9.17) is 5.73 Å². The topological polar surface area (TPSA) is 63.4 Å². The van der Waals surface area contributed by atoms with Crippen molar-refractivity contribution >= 4 is 26.0 Å². The molecule has 2 rings (SSSR count). The van der Waals surface area contributed by atoms with Crippen LogP contribution in [0.15, 0.2) is 27.6 Å². The summed E-state index contributed by atoms with van der Waals surface area (Å²) in [7, 11) is -2.05. The van der Waals surface area contributed by atoms with Crippen LogP contribution in [-0.4, -0.2) is 31.9 Å². The van der Waals surface area contributed by atoms with Crippen molar-refractivity contribution in [2.24, 2.45) is 5.73 Å². The molecule has 0 aromatic heterocycles. The molecule has 1 aromatic carbocycles. The molecule has 2 N–H and O–H groups in total. The van der Waals surface area contributed by atoms with Gasteiger partial charge < -0.3 is 5.73 Å². The third-order valence-electron chi connectivity index (χ3n) is 3.81. The molecule has 1 saturated carbocycles. The lowest BCUT2D eigenvalue weighted by molar-refractivity contribution is 0.268. The van der Waals surface area contributed by atoms with Crippen molar-refractivity contribution in [2.45, 2.75) is 42.7 Å². The maximum absolute atomic E-state index is 13.1. The zero-order chi connectivity index (χ0) is 14.9. The Morgan fingerprint density at radius 2 is 1.90 bits per heavy atom. The van der Waals surface area contributed by atoms with Gasteiger partial charge in [0, 0.05) is 23.6 Å². The number of benzene rings is 1. The Labute approximate surface area is 127 Å². The molecular formula is C13H18BrFN2O2S. The first-order chi connectivity index (χ1) is 9.32. The molecule has 0 heterocycles. The quantitative estimate of drug-likeness (QED) is 0.895. The molecule has 4 nitrogen and oxygen atoms in total. The molecule has 0 atom stereocenters. The highest BCUT2D eigenvalue weighted by atomic mass is 79.9. The minimum atomic E-state index is -3.62. The van der Waals surface area contributed by atoms with E-state index >= 15 is 0 Å². The molecule has 112 valence electrons. The van der Waals surface area contributed by atoms with Crippen LogP contribution in [0, 0.1) is 5.82 Å². The molecule has 0 saturated heterocycles. The minimum Gasteiger partial charge on any atom is -0.328 e. The maximum Gasteiger partial charge on any atom is 0.244 e. The van der Waals surface area contributed by atoms with Gasteiger partial charge in [-0.05, 0) is 59.8 Å². The molecule has 0 bridgehead atoms. The summed E-state index contributed by atoms with van der Waals surface area (Å²) in [5.41, 5.74) is 5.84. The van der Waals surface area contributed by atoms with E-state index in [0.29, 0.717) is 0 Å². The van der Waals surface area contributed by atoms with Crippen LogP contribution in [0.4, 0.5) is 4.39 Å². The smallest absolute Gasteiger partial charge is 0.244 e. The molecule has 0 unspecified atom stereocenters. The van der Waals surface area contributed by atoms with E-state index in [2.05, 4.69) is 15.9 Å². The van der Waals surface area contributed by atoms with Crippen molar-refractivity contribution in [3.05, 3.63) is 28.5 Å². The van der Waals surface area contributed by atoms with Gasteiger partial charge in [0.25, 0.3) is 0 Å². The Morgan fingerprint density at radius 3 is 2.45 bits per heavy atom. The van der Waals surface area contributed by atoms with Crippen LogP contribution < -0.4 is 5.73 Å². The van der Waals surface area contributed by atoms with Gasteiger partial charge in [0.05, 0.1) is 4.90 Å². The highest BCUT2D eigenvalue weighted by Crippen LogP contribution is 2.30. The number of nitrogens with zero attached hydrogens (tertiary/aromatic N) is 1. The van der Waals surface area contributed by atoms with Gasteiger partial charge in [-0.25, -0.2) is 12.8 Å². The number of sulfonamides is 1. The van der Waals surface area contributed by atoms with Gasteiger partial charge in [-0.1, -0.05) is 0 Å². The first kappa shape index (κ1) is 15.9. The zero-order valence-corrected chi connectivity index (χ0v) is 13.6. The number of halogens is 2. The predicted molar refractivity (Wildman–Crippen MR) is 79.3 cm³/mol. The molecular weight excluding hydrogens is 347 g/mol. The minimum absolute atomic E-state index is 0.0447. The molecule has 0 radical (unpaired) electrons. The number of rotatable bonds is 3. The van der Waals surface area contributed by atoms with Gasteiger partial charge in [0.1, 0.15) is 5.82 Å². The fourth-order valence-electron chi connectivity index (χ4n) is 2.50. The van der Waals surface area contributed by atoms with E-state index in [9.17, 15) is 12.8 Å². The van der Waals surface area contributed by atoms with Gasteiger partial charge in [0.2, 0.25) is 10.0 Å². The number of hydrogen-bond donors (Lipinski definition) is 1. The number of hydrogen-bond acceptors (Lipinski definition) is 3. The lowest BCUT2D eigenvalue weighted by atomic mass is 9.92. The normalized spacial score (nSPS) is 24.1. The second kappa shape index (κ2) is 6.09. The van der Waals surface area contributed by atoms with Crippen molar-refractivity contribution in [2.75, 3.05) is 7.05 Å². The molecule has 1 aromatic rings. The highest BCUT2D eigenvalue weighted by molar-refractivity contribution is 9.10. The molecule has 7 heteroatoms. The van der Waals surface area contributed by atoms with E-state index < -0.39 is 15.8 Å². The third kappa shape index (κ3) is 3.21. The SMILES string of the molecule is CN(C1CCC(N)CC1)S(=O)(=O)c1ccc(F)cc1Br. The van der Waals surface area contributed by atoms with Crippen LogP contribution in [0.2, 0.25) is 0 Å². The van der Waals surface area contributed by atoms with E-state index in [1.807, 2.05) is 0 Å². The summed E-state index contributed by atoms with van der Waals surface area (Å²) >= 11 is 3.12. The van der Waals surface area contributed by atoms with Crippen molar-refractivity contribution in [3.8, 4) is 0 Å². The molecule has 0 spiro atoms. The van der Waals surface area contributed by atoms with E-state index in [-0.39, 0.29) is 21.5 Å². The predicted octanol–water partition coefficient (Wildman–Crippen LogP) is 2.48. The average molecular weight is 365 g/mol. The monoisotopic (exact) mass is 364 g/mol. The zero-order valence-electron chi connectivity index (χ0n) is 11.2. The van der Waals surface area contributed by atoms with Gasteiger partial charge in [-0.15, -0.1) is 0 Å². The van der Waals surface area contributed by atoms with E-state index in [1.54, 1.807) is 7.05 Å². The first-order valence-electron chi connectivity index (χ1n) is 6.51. The molecule has 1 aliphatic carbocycles. The fraction of sp³-hybridized carbons (Fsp3) is 0.538. The van der Waals surface area contributed by atoms with Crippen LogP contribution in [-0.2, 0) is 10.0 Å². The average Bonchev–Trinajstić information content (AvgIpc) is 2.38. The maximum atomic E-state index is 13.1. The second-order valence-electron chi connectivity index (χ2n) is 5.16. The van der Waals surface area contributed by atoms with Crippen LogP contribution >= 0.6 is 15.9 Å². The lowest BCUT2D eigenvalue weighted by Gasteiger charge is -2.32. The summed E-state index contributed by atoms with van der Waals surface area (Å²) in [4.78, 5) is 0.0938. The third-order valence-corrected chi connectivity index (χ3v) is 6.69. The molecule has 0 aliphatic heterocycles. The molecule has 1 fully saturated rings. The molecule has 0 amide bonds. The molecule has 1 aliphatic rings. The summed E-state index contributed by atoms with van der Waals surface area (Å²) in [5, 5.41) is 0. The first-order valence-corrected chi connectivity index (χ1v) is 8.74. The standard InChI is InChI=1S/C13H18BrFN2O2S/c1-17(11-5-3-10(16)4-6-11)20(18,19)13-7-2-9(15)8-12(13)14/h2,7-8,10-11H,3-6,16H2,1H3. The summed E-state index contributed by atoms with van der Waals surface area (Å²) < 4.78 is 39.9. The van der Waals surface area contributed by atoms with Crippen molar-refractivity contribution in [3.63, 3.8) is 0 Å². The summed E-state index contributed by atoms with van der Waals surface area (Å²) in [6.45, 7) is 0. The Balaban J connectivity index is 2.25. The van der Waals surface area contributed by atoms with Crippen LogP contribution in [0.25, 0.3) is 0 Å². The summed E-state index contributed by atoms with van der Waals surface area (Å²) in [6.07, 6.45) is 3.18. The Kier molecular flexibility index (Phi) is 4.84. The van der Waals surface area contributed by atoms with Crippen molar-refractivity contribution in [1.29, 1.82) is 0 Å². The van der Waals surface area contributed by atoms with Gasteiger partial charge in [-0.3, -0.25) is 0 Å².